The lowest BCUT2D eigenvalue weighted by Crippen LogP contribution is -2.22. The third-order valence-electron chi connectivity index (χ3n) is 2.62. The Morgan fingerprint density at radius 1 is 1.41 bits per heavy atom. The van der Waals surface area contributed by atoms with E-state index in [-0.39, 0.29) is 16.2 Å². The molecule has 0 aliphatic carbocycles. The Labute approximate surface area is 107 Å². The second-order valence-electron chi connectivity index (χ2n) is 4.22. The highest BCUT2D eigenvalue weighted by molar-refractivity contribution is 9.10. The van der Waals surface area contributed by atoms with Gasteiger partial charge in [0.1, 0.15) is 11.5 Å². The topological polar surface area (TPSA) is 55.2 Å². The average molecular weight is 305 g/mol. The summed E-state index contributed by atoms with van der Waals surface area (Å²) < 4.78 is 13.4. The van der Waals surface area contributed by atoms with E-state index in [2.05, 4.69) is 21.2 Å². The SMILES string of the molecule is CC(C)C(C)Nc1cc(Br)c(F)cc1[N+](=O)[O-]. The summed E-state index contributed by atoms with van der Waals surface area (Å²) in [5, 5.41) is 13.8. The molecule has 0 aliphatic rings. The molecular formula is C11H14BrFN2O2. The molecule has 0 aromatic heterocycles. The minimum atomic E-state index is -0.639. The zero-order valence-corrected chi connectivity index (χ0v) is 11.4. The van der Waals surface area contributed by atoms with Crippen LogP contribution in [0.4, 0.5) is 15.8 Å². The van der Waals surface area contributed by atoms with E-state index in [0.717, 1.165) is 6.07 Å². The molecule has 1 aromatic carbocycles. The van der Waals surface area contributed by atoms with Gasteiger partial charge in [0.25, 0.3) is 5.69 Å². The second-order valence-corrected chi connectivity index (χ2v) is 5.07. The number of nitrogens with one attached hydrogen (secondary N) is 1. The molecule has 0 aliphatic heterocycles. The Balaban J connectivity index is 3.13. The van der Waals surface area contributed by atoms with Gasteiger partial charge in [0.2, 0.25) is 0 Å². The van der Waals surface area contributed by atoms with E-state index in [0.29, 0.717) is 11.6 Å². The summed E-state index contributed by atoms with van der Waals surface area (Å²) in [6.07, 6.45) is 0. The van der Waals surface area contributed by atoms with E-state index < -0.39 is 10.7 Å². The maximum atomic E-state index is 13.2. The Hall–Kier alpha value is -1.17. The molecule has 1 aromatic rings. The number of hydrogen-bond donors (Lipinski definition) is 1. The summed E-state index contributed by atoms with van der Waals surface area (Å²) in [7, 11) is 0. The van der Waals surface area contributed by atoms with E-state index in [1.165, 1.54) is 6.07 Å². The number of hydrogen-bond acceptors (Lipinski definition) is 3. The molecule has 1 unspecified atom stereocenters. The zero-order chi connectivity index (χ0) is 13.2. The number of halogens is 2. The largest absolute Gasteiger partial charge is 0.377 e. The predicted molar refractivity (Wildman–Crippen MR) is 68.7 cm³/mol. The van der Waals surface area contributed by atoms with Crippen LogP contribution < -0.4 is 5.32 Å². The van der Waals surface area contributed by atoms with Crippen LogP contribution in [0.1, 0.15) is 20.8 Å². The van der Waals surface area contributed by atoms with Gasteiger partial charge in [0.05, 0.1) is 15.5 Å². The summed E-state index contributed by atoms with van der Waals surface area (Å²) in [6, 6.07) is 2.37. The fraction of sp³-hybridized carbons (Fsp3) is 0.455. The Kier molecular flexibility index (Phi) is 4.45. The molecule has 0 saturated heterocycles. The minimum Gasteiger partial charge on any atom is -0.377 e. The molecule has 4 nitrogen and oxygen atoms in total. The van der Waals surface area contributed by atoms with Gasteiger partial charge in [-0.1, -0.05) is 13.8 Å². The standard InChI is InChI=1S/C11H14BrFN2O2/c1-6(2)7(3)14-10-4-8(12)9(13)5-11(10)15(16)17/h4-7,14H,1-3H3. The number of rotatable bonds is 4. The smallest absolute Gasteiger partial charge is 0.295 e. The average Bonchev–Trinajstić information content (AvgIpc) is 2.22. The van der Waals surface area contributed by atoms with Crippen molar-refractivity contribution in [2.24, 2.45) is 5.92 Å². The minimum absolute atomic E-state index is 0.0612. The lowest BCUT2D eigenvalue weighted by atomic mass is 10.1. The van der Waals surface area contributed by atoms with E-state index in [1.807, 2.05) is 20.8 Å². The molecule has 6 heteroatoms. The molecule has 1 N–H and O–H groups in total. The summed E-state index contributed by atoms with van der Waals surface area (Å²) >= 11 is 3.02. The lowest BCUT2D eigenvalue weighted by Gasteiger charge is -2.18. The van der Waals surface area contributed by atoms with Crippen molar-refractivity contribution in [2.75, 3.05) is 5.32 Å². The number of benzene rings is 1. The number of anilines is 1. The van der Waals surface area contributed by atoms with Crippen molar-refractivity contribution in [1.82, 2.24) is 0 Å². The maximum absolute atomic E-state index is 13.2. The first-order chi connectivity index (χ1) is 7.82. The summed E-state index contributed by atoms with van der Waals surface area (Å²) in [4.78, 5) is 10.2. The van der Waals surface area contributed by atoms with Crippen molar-refractivity contribution in [3.8, 4) is 0 Å². The highest BCUT2D eigenvalue weighted by Gasteiger charge is 2.19. The van der Waals surface area contributed by atoms with Gasteiger partial charge >= 0.3 is 0 Å². The van der Waals surface area contributed by atoms with E-state index >= 15 is 0 Å². The first kappa shape index (κ1) is 13.9. The van der Waals surface area contributed by atoms with Gasteiger partial charge in [-0.3, -0.25) is 10.1 Å². The number of nitro groups is 1. The van der Waals surface area contributed by atoms with Gasteiger partial charge in [-0.15, -0.1) is 0 Å². The number of nitrogens with zero attached hydrogens (tertiary/aromatic N) is 1. The van der Waals surface area contributed by atoms with Crippen molar-refractivity contribution in [1.29, 1.82) is 0 Å². The third-order valence-corrected chi connectivity index (χ3v) is 3.23. The Bertz CT molecular complexity index is 438. The molecular weight excluding hydrogens is 291 g/mol. The van der Waals surface area contributed by atoms with Crippen LogP contribution in [0.2, 0.25) is 0 Å². The second kappa shape index (κ2) is 5.44. The van der Waals surface area contributed by atoms with Crippen LogP contribution in [0.3, 0.4) is 0 Å². The van der Waals surface area contributed by atoms with E-state index in [1.54, 1.807) is 0 Å². The van der Waals surface area contributed by atoms with Crippen LogP contribution in [-0.4, -0.2) is 11.0 Å². The molecule has 0 amide bonds. The molecule has 17 heavy (non-hydrogen) atoms. The number of nitro benzene ring substituents is 1. The molecule has 0 saturated carbocycles. The van der Waals surface area contributed by atoms with Crippen molar-refractivity contribution in [2.45, 2.75) is 26.8 Å². The fourth-order valence-electron chi connectivity index (χ4n) is 1.21. The molecule has 0 spiro atoms. The van der Waals surface area contributed by atoms with Crippen LogP contribution in [0.15, 0.2) is 16.6 Å². The highest BCUT2D eigenvalue weighted by atomic mass is 79.9. The molecule has 0 bridgehead atoms. The quantitative estimate of drug-likeness (QED) is 0.677. The van der Waals surface area contributed by atoms with Crippen LogP contribution in [0.5, 0.6) is 0 Å². The van der Waals surface area contributed by atoms with Crippen LogP contribution in [0, 0.1) is 21.8 Å². The zero-order valence-electron chi connectivity index (χ0n) is 9.83. The lowest BCUT2D eigenvalue weighted by molar-refractivity contribution is -0.384. The predicted octanol–water partition coefficient (Wildman–Crippen LogP) is 3.95. The normalized spacial score (nSPS) is 12.6. The van der Waals surface area contributed by atoms with Crippen LogP contribution in [0.25, 0.3) is 0 Å². The van der Waals surface area contributed by atoms with Crippen molar-refractivity contribution in [3.05, 3.63) is 32.5 Å². The summed E-state index contributed by atoms with van der Waals surface area (Å²) in [6.45, 7) is 5.93. The van der Waals surface area contributed by atoms with Gasteiger partial charge in [-0.05, 0) is 34.8 Å². The van der Waals surface area contributed by atoms with E-state index in [4.69, 9.17) is 0 Å². The molecule has 0 fully saturated rings. The third kappa shape index (κ3) is 3.39. The highest BCUT2D eigenvalue weighted by Crippen LogP contribution is 2.31. The van der Waals surface area contributed by atoms with Gasteiger partial charge < -0.3 is 5.32 Å². The molecule has 1 rings (SSSR count). The maximum Gasteiger partial charge on any atom is 0.295 e. The van der Waals surface area contributed by atoms with Crippen molar-refractivity contribution < 1.29 is 9.31 Å². The van der Waals surface area contributed by atoms with Gasteiger partial charge in [-0.25, -0.2) is 4.39 Å². The molecule has 0 heterocycles. The van der Waals surface area contributed by atoms with E-state index in [9.17, 15) is 14.5 Å². The van der Waals surface area contributed by atoms with Gasteiger partial charge in [-0.2, -0.15) is 0 Å². The Morgan fingerprint density at radius 2 is 2.00 bits per heavy atom. The molecule has 1 atom stereocenters. The van der Waals surface area contributed by atoms with Crippen molar-refractivity contribution in [3.63, 3.8) is 0 Å². The van der Waals surface area contributed by atoms with Crippen LogP contribution >= 0.6 is 15.9 Å². The summed E-state index contributed by atoms with van der Waals surface area (Å²) in [5.41, 5.74) is 0.0719. The van der Waals surface area contributed by atoms with Gasteiger partial charge in [0, 0.05) is 6.04 Å². The van der Waals surface area contributed by atoms with Crippen molar-refractivity contribution >= 4 is 27.3 Å². The Morgan fingerprint density at radius 3 is 2.47 bits per heavy atom. The monoisotopic (exact) mass is 304 g/mol. The van der Waals surface area contributed by atoms with Crippen LogP contribution in [-0.2, 0) is 0 Å². The molecule has 0 radical (unpaired) electrons. The fourth-order valence-corrected chi connectivity index (χ4v) is 1.56. The van der Waals surface area contributed by atoms with Gasteiger partial charge in [0.15, 0.2) is 0 Å². The first-order valence-corrected chi connectivity index (χ1v) is 6.02. The molecule has 94 valence electrons. The summed E-state index contributed by atoms with van der Waals surface area (Å²) in [5.74, 6) is -0.321. The first-order valence-electron chi connectivity index (χ1n) is 5.23.